The molecule has 30 heavy (non-hydrogen) atoms. The van der Waals surface area contributed by atoms with Crippen molar-refractivity contribution >= 4 is 27.4 Å². The smallest absolute Gasteiger partial charge is 0.270 e. The molecule has 3 aliphatic rings. The number of fused-ring (bicyclic) bond motifs is 1. The van der Waals surface area contributed by atoms with E-state index in [4.69, 9.17) is 9.47 Å². The number of para-hydroxylation sites is 2. The highest BCUT2D eigenvalue weighted by Gasteiger charge is 2.38. The maximum atomic E-state index is 13.1. The highest BCUT2D eigenvalue weighted by atomic mass is 32.2. The van der Waals surface area contributed by atoms with E-state index in [1.165, 1.54) is 5.01 Å². The van der Waals surface area contributed by atoms with E-state index < -0.39 is 15.9 Å². The predicted octanol–water partition coefficient (Wildman–Crippen LogP) is 0.840. The third-order valence-electron chi connectivity index (χ3n) is 5.52. The molecule has 1 saturated heterocycles. The number of amides is 2. The van der Waals surface area contributed by atoms with Crippen molar-refractivity contribution < 1.29 is 27.5 Å². The summed E-state index contributed by atoms with van der Waals surface area (Å²) in [7, 11) is -3.16. The lowest BCUT2D eigenvalue weighted by Crippen LogP contribution is -2.48. The molecule has 0 aromatic heterocycles. The lowest BCUT2D eigenvalue weighted by Gasteiger charge is -2.32. The Morgan fingerprint density at radius 2 is 2.03 bits per heavy atom. The van der Waals surface area contributed by atoms with Crippen molar-refractivity contribution in [2.45, 2.75) is 38.3 Å². The van der Waals surface area contributed by atoms with Gasteiger partial charge in [0.15, 0.2) is 27.4 Å². The molecule has 3 aliphatic heterocycles. The number of sulfone groups is 1. The maximum absolute atomic E-state index is 13.1. The molecule has 9 nitrogen and oxygen atoms in total. The normalized spacial score (nSPS) is 25.0. The van der Waals surface area contributed by atoms with Crippen molar-refractivity contribution in [2.24, 2.45) is 5.10 Å². The Balaban J connectivity index is 1.45. The second kappa shape index (κ2) is 8.25. The Morgan fingerprint density at radius 3 is 2.73 bits per heavy atom. The highest BCUT2D eigenvalue weighted by Crippen LogP contribution is 2.31. The number of carbonyl (C=O) groups excluding carboxylic acids is 2. The first kappa shape index (κ1) is 20.6. The fourth-order valence-electron chi connectivity index (χ4n) is 3.92. The quantitative estimate of drug-likeness (QED) is 0.679. The molecule has 1 aromatic carbocycles. The number of benzene rings is 1. The molecule has 0 aliphatic carbocycles. The second-order valence-electron chi connectivity index (χ2n) is 7.68. The Morgan fingerprint density at radius 1 is 1.27 bits per heavy atom. The zero-order valence-electron chi connectivity index (χ0n) is 16.8. The van der Waals surface area contributed by atoms with E-state index in [1.54, 1.807) is 4.90 Å². The van der Waals surface area contributed by atoms with Gasteiger partial charge in [0, 0.05) is 19.4 Å². The van der Waals surface area contributed by atoms with Gasteiger partial charge in [0.2, 0.25) is 5.91 Å². The van der Waals surface area contributed by atoms with Crippen molar-refractivity contribution in [1.29, 1.82) is 0 Å². The summed E-state index contributed by atoms with van der Waals surface area (Å²) in [5.74, 6) is 0.762. The van der Waals surface area contributed by atoms with E-state index in [1.807, 2.05) is 31.2 Å². The van der Waals surface area contributed by atoms with Crippen LogP contribution in [0.25, 0.3) is 0 Å². The Bertz CT molecular complexity index is 977. The molecule has 2 atom stereocenters. The van der Waals surface area contributed by atoms with E-state index in [0.29, 0.717) is 37.6 Å². The number of rotatable bonds is 5. The number of likely N-dealkylation sites (N-methyl/N-ethyl adjacent to an activating group) is 1. The third-order valence-corrected chi connectivity index (χ3v) is 7.27. The average molecular weight is 436 g/mol. The van der Waals surface area contributed by atoms with E-state index in [2.05, 4.69) is 5.10 Å². The van der Waals surface area contributed by atoms with Crippen molar-refractivity contribution in [2.75, 3.05) is 31.2 Å². The molecular formula is C20H25N3O6S. The van der Waals surface area contributed by atoms with Crippen molar-refractivity contribution in [3.8, 4) is 11.5 Å². The van der Waals surface area contributed by atoms with Crippen molar-refractivity contribution in [1.82, 2.24) is 9.91 Å². The van der Waals surface area contributed by atoms with Crippen molar-refractivity contribution in [3.05, 3.63) is 24.3 Å². The Kier molecular flexibility index (Phi) is 5.68. The van der Waals surface area contributed by atoms with E-state index in [-0.39, 0.29) is 48.0 Å². The van der Waals surface area contributed by atoms with E-state index in [9.17, 15) is 18.0 Å². The van der Waals surface area contributed by atoms with Gasteiger partial charge in [-0.1, -0.05) is 12.1 Å². The van der Waals surface area contributed by atoms with Crippen LogP contribution in [-0.2, 0) is 19.4 Å². The van der Waals surface area contributed by atoms with E-state index in [0.717, 1.165) is 0 Å². The largest absolute Gasteiger partial charge is 0.486 e. The van der Waals surface area contributed by atoms with Gasteiger partial charge in [0.25, 0.3) is 5.91 Å². The minimum atomic E-state index is -3.16. The summed E-state index contributed by atoms with van der Waals surface area (Å²) in [6, 6.07) is 6.89. The van der Waals surface area contributed by atoms with Gasteiger partial charge in [-0.05, 0) is 25.5 Å². The summed E-state index contributed by atoms with van der Waals surface area (Å²) in [5.41, 5.74) is 0.276. The monoisotopic (exact) mass is 435 g/mol. The number of hydrogen-bond donors (Lipinski definition) is 0. The number of hydrazone groups is 1. The van der Waals surface area contributed by atoms with Crippen LogP contribution >= 0.6 is 0 Å². The van der Waals surface area contributed by atoms with Gasteiger partial charge in [-0.15, -0.1) is 0 Å². The molecule has 0 radical (unpaired) electrons. The van der Waals surface area contributed by atoms with Gasteiger partial charge in [-0.3, -0.25) is 9.59 Å². The molecule has 0 bridgehead atoms. The standard InChI is InChI=1S/C20H25N3O6S/c1-2-22(11-15-12-28-17-5-3-4-6-18(17)29-15)20(25)16-7-8-19(24)23(21-16)14-9-10-30(26,27)13-14/h3-6,14-15H,2,7-13H2,1H3. The summed E-state index contributed by atoms with van der Waals surface area (Å²) in [5, 5.41) is 5.49. The summed E-state index contributed by atoms with van der Waals surface area (Å²) in [4.78, 5) is 27.0. The molecule has 162 valence electrons. The number of ether oxygens (including phenoxy) is 2. The molecular weight excluding hydrogens is 410 g/mol. The van der Waals surface area contributed by atoms with Crippen molar-refractivity contribution in [3.63, 3.8) is 0 Å². The molecule has 1 aromatic rings. The second-order valence-corrected chi connectivity index (χ2v) is 9.91. The van der Waals surface area contributed by atoms with Crippen LogP contribution in [0.15, 0.2) is 29.4 Å². The summed E-state index contributed by atoms with van der Waals surface area (Å²) >= 11 is 0. The highest BCUT2D eigenvalue weighted by molar-refractivity contribution is 7.91. The Labute approximate surface area is 175 Å². The Hall–Kier alpha value is -2.62. The zero-order valence-corrected chi connectivity index (χ0v) is 17.6. The molecule has 3 heterocycles. The van der Waals surface area contributed by atoms with Gasteiger partial charge in [-0.2, -0.15) is 5.10 Å². The first-order chi connectivity index (χ1) is 14.4. The number of nitrogens with zero attached hydrogens (tertiary/aromatic N) is 3. The fraction of sp³-hybridized carbons (Fsp3) is 0.550. The van der Waals surface area contributed by atoms with Crippen LogP contribution in [-0.4, -0.2) is 79.2 Å². The van der Waals surface area contributed by atoms with Crippen LogP contribution < -0.4 is 9.47 Å². The summed E-state index contributed by atoms with van der Waals surface area (Å²) in [6.07, 6.45) is 0.429. The van der Waals surface area contributed by atoms with Crippen LogP contribution in [0.3, 0.4) is 0 Å². The first-order valence-electron chi connectivity index (χ1n) is 10.1. The SMILES string of the molecule is CCN(CC1COc2ccccc2O1)C(=O)C1=NN(C2CCS(=O)(=O)C2)C(=O)CC1. The minimum Gasteiger partial charge on any atom is -0.486 e. The topological polar surface area (TPSA) is 106 Å². The lowest BCUT2D eigenvalue weighted by molar-refractivity contribution is -0.134. The maximum Gasteiger partial charge on any atom is 0.270 e. The van der Waals surface area contributed by atoms with Gasteiger partial charge >= 0.3 is 0 Å². The molecule has 2 unspecified atom stereocenters. The lowest BCUT2D eigenvalue weighted by atomic mass is 10.1. The summed E-state index contributed by atoms with van der Waals surface area (Å²) < 4.78 is 35.2. The molecule has 10 heteroatoms. The molecule has 0 saturated carbocycles. The van der Waals surface area contributed by atoms with E-state index >= 15 is 0 Å². The fourth-order valence-corrected chi connectivity index (χ4v) is 5.61. The molecule has 0 N–H and O–H groups in total. The molecule has 0 spiro atoms. The van der Waals surface area contributed by atoms with Crippen LogP contribution in [0.2, 0.25) is 0 Å². The minimum absolute atomic E-state index is 0.0435. The third kappa shape index (κ3) is 4.28. The molecule has 2 amide bonds. The van der Waals surface area contributed by atoms with Crippen LogP contribution in [0.5, 0.6) is 11.5 Å². The van der Waals surface area contributed by atoms with Crippen LogP contribution in [0.4, 0.5) is 0 Å². The number of hydrogen-bond acceptors (Lipinski definition) is 7. The van der Waals surface area contributed by atoms with Gasteiger partial charge in [0.05, 0.1) is 24.1 Å². The van der Waals surface area contributed by atoms with Gasteiger partial charge < -0.3 is 14.4 Å². The summed E-state index contributed by atoms with van der Waals surface area (Å²) in [6.45, 7) is 2.97. The zero-order chi connectivity index (χ0) is 21.3. The first-order valence-corrected chi connectivity index (χ1v) is 12.0. The molecule has 4 rings (SSSR count). The van der Waals surface area contributed by atoms with Crippen LogP contribution in [0.1, 0.15) is 26.2 Å². The molecule has 1 fully saturated rings. The number of carbonyl (C=O) groups is 2. The average Bonchev–Trinajstić information content (AvgIpc) is 3.11. The van der Waals surface area contributed by atoms with Gasteiger partial charge in [-0.25, -0.2) is 13.4 Å². The van der Waals surface area contributed by atoms with Gasteiger partial charge in [0.1, 0.15) is 12.3 Å². The van der Waals surface area contributed by atoms with Crippen LogP contribution in [0, 0.1) is 0 Å². The predicted molar refractivity (Wildman–Crippen MR) is 109 cm³/mol.